The molecule has 2 aromatic carbocycles. The number of hydrogen-bond acceptors (Lipinski definition) is 6. The van der Waals surface area contributed by atoms with Gasteiger partial charge in [0.15, 0.2) is 23.1 Å². The Bertz CT molecular complexity index is 1550. The van der Waals surface area contributed by atoms with E-state index in [1.165, 1.54) is 11.0 Å². The third kappa shape index (κ3) is 3.97. The zero-order valence-electron chi connectivity index (χ0n) is 20.8. The normalized spacial score (nSPS) is 26.2. The topological polar surface area (TPSA) is 101 Å². The summed E-state index contributed by atoms with van der Waals surface area (Å²) in [5, 5.41) is 11.2. The molecule has 1 saturated heterocycles. The predicted octanol–water partition coefficient (Wildman–Crippen LogP) is 5.52. The van der Waals surface area contributed by atoms with E-state index in [2.05, 4.69) is 31.9 Å². The number of nitrogens with zero attached hydrogens (tertiary/aromatic N) is 1. The molecule has 1 aliphatic heterocycles. The van der Waals surface area contributed by atoms with E-state index in [1.54, 1.807) is 49.4 Å². The molecule has 0 radical (unpaired) electrons. The highest BCUT2D eigenvalue weighted by molar-refractivity contribution is 9.12. The highest BCUT2D eigenvalue weighted by Gasteiger charge is 2.57. The number of halogens is 2. The van der Waals surface area contributed by atoms with Gasteiger partial charge in [0, 0.05) is 33.2 Å². The van der Waals surface area contributed by atoms with Gasteiger partial charge in [-0.05, 0) is 71.9 Å². The number of ketones is 2. The van der Waals surface area contributed by atoms with Gasteiger partial charge in [0.1, 0.15) is 0 Å². The Morgan fingerprint density at radius 2 is 1.74 bits per heavy atom. The molecule has 2 amide bonds. The predicted molar refractivity (Wildman–Crippen MR) is 150 cm³/mol. The molecule has 1 fully saturated rings. The lowest BCUT2D eigenvalue weighted by Gasteiger charge is -2.42. The molecular weight excluding hydrogens is 630 g/mol. The number of hydrogen-bond donors (Lipinski definition) is 1. The van der Waals surface area contributed by atoms with Crippen molar-refractivity contribution < 1.29 is 29.0 Å². The van der Waals surface area contributed by atoms with Gasteiger partial charge >= 0.3 is 0 Å². The van der Waals surface area contributed by atoms with Gasteiger partial charge in [-0.1, -0.05) is 39.7 Å². The average Bonchev–Trinajstić information content (AvgIpc) is 3.18. The van der Waals surface area contributed by atoms with E-state index in [1.807, 2.05) is 6.08 Å². The second kappa shape index (κ2) is 9.71. The number of carbonyl (C=O) groups excluding carboxylic acids is 4. The molecule has 1 N–H and O–H groups in total. The number of imide groups is 1. The van der Waals surface area contributed by atoms with Gasteiger partial charge in [0.05, 0.1) is 28.6 Å². The summed E-state index contributed by atoms with van der Waals surface area (Å²) in [5.41, 5.74) is 2.30. The SMILES string of the molecule is CCOc1cccc(C2C3=CCC4C(=O)N(c5ccc(Br)cc5)C(=O)C4C3CC3=C2C(=O)C=C(Br)C3=O)c1O. The van der Waals surface area contributed by atoms with Crippen molar-refractivity contribution in [1.82, 2.24) is 0 Å². The standard InChI is InChI=1S/C30H23Br2NO6/c1-2-39-23-5-3-4-17(28(23)36)24-16-10-11-18-25(19(16)12-20-26(24)22(34)13-21(32)27(20)35)30(38)33(29(18)37)15-8-6-14(31)7-9-15/h3-10,13,18-19,24-25,36H,2,11-12H2,1H3. The molecule has 0 saturated carbocycles. The molecule has 4 atom stereocenters. The molecule has 6 rings (SSSR count). The first kappa shape index (κ1) is 26.0. The molecule has 4 unspecified atom stereocenters. The zero-order valence-corrected chi connectivity index (χ0v) is 24.0. The van der Waals surface area contributed by atoms with Gasteiger partial charge < -0.3 is 9.84 Å². The molecule has 198 valence electrons. The summed E-state index contributed by atoms with van der Waals surface area (Å²) in [5.74, 6) is -3.58. The molecule has 0 spiro atoms. The van der Waals surface area contributed by atoms with Gasteiger partial charge in [0.25, 0.3) is 0 Å². The van der Waals surface area contributed by atoms with E-state index >= 15 is 0 Å². The van der Waals surface area contributed by atoms with Crippen molar-refractivity contribution in [1.29, 1.82) is 0 Å². The lowest BCUT2D eigenvalue weighted by atomic mass is 9.59. The number of Topliss-reactive ketones (excluding diaryl/α,β-unsaturated/α-hetero) is 1. The van der Waals surface area contributed by atoms with Crippen LogP contribution in [0, 0.1) is 17.8 Å². The number of carbonyl (C=O) groups is 4. The number of fused-ring (bicyclic) bond motifs is 3. The molecule has 1 heterocycles. The third-order valence-corrected chi connectivity index (χ3v) is 9.17. The first-order valence-corrected chi connectivity index (χ1v) is 14.3. The maximum atomic E-state index is 13.9. The molecule has 39 heavy (non-hydrogen) atoms. The fraction of sp³-hybridized carbons (Fsp3) is 0.267. The highest BCUT2D eigenvalue weighted by atomic mass is 79.9. The molecule has 0 aromatic heterocycles. The van der Waals surface area contributed by atoms with Crippen LogP contribution in [0.2, 0.25) is 0 Å². The molecular formula is C30H23Br2NO6. The lowest BCUT2D eigenvalue weighted by molar-refractivity contribution is -0.123. The molecule has 4 aliphatic rings. The average molecular weight is 653 g/mol. The van der Waals surface area contributed by atoms with Crippen LogP contribution >= 0.6 is 31.9 Å². The van der Waals surface area contributed by atoms with Crippen molar-refractivity contribution in [2.75, 3.05) is 11.5 Å². The van der Waals surface area contributed by atoms with Crippen LogP contribution in [-0.4, -0.2) is 35.1 Å². The van der Waals surface area contributed by atoms with Crippen LogP contribution < -0.4 is 9.64 Å². The Balaban J connectivity index is 1.50. The smallest absolute Gasteiger partial charge is 0.238 e. The molecule has 9 heteroatoms. The van der Waals surface area contributed by atoms with Crippen molar-refractivity contribution >= 4 is 60.9 Å². The number of allylic oxidation sites excluding steroid dienone is 6. The largest absolute Gasteiger partial charge is 0.504 e. The van der Waals surface area contributed by atoms with Gasteiger partial charge in [-0.2, -0.15) is 0 Å². The minimum atomic E-state index is -0.752. The van der Waals surface area contributed by atoms with Gasteiger partial charge in [-0.25, -0.2) is 0 Å². The monoisotopic (exact) mass is 651 g/mol. The van der Waals surface area contributed by atoms with Crippen LogP contribution in [0.5, 0.6) is 11.5 Å². The third-order valence-electron chi connectivity index (χ3n) is 8.06. The van der Waals surface area contributed by atoms with Gasteiger partial charge in [-0.3, -0.25) is 24.1 Å². The van der Waals surface area contributed by atoms with Crippen LogP contribution in [0.4, 0.5) is 5.69 Å². The van der Waals surface area contributed by atoms with Crippen LogP contribution in [0.1, 0.15) is 31.2 Å². The fourth-order valence-corrected chi connectivity index (χ4v) is 7.16. The van der Waals surface area contributed by atoms with Crippen molar-refractivity contribution in [3.05, 3.63) is 85.9 Å². The van der Waals surface area contributed by atoms with Crippen molar-refractivity contribution in [3.8, 4) is 11.5 Å². The number of ether oxygens (including phenoxy) is 1. The highest BCUT2D eigenvalue weighted by Crippen LogP contribution is 2.57. The Morgan fingerprint density at radius 1 is 1.00 bits per heavy atom. The Morgan fingerprint density at radius 3 is 2.46 bits per heavy atom. The van der Waals surface area contributed by atoms with Crippen molar-refractivity contribution in [2.45, 2.75) is 25.7 Å². The zero-order chi connectivity index (χ0) is 27.6. The van der Waals surface area contributed by atoms with Crippen LogP contribution in [0.15, 0.2) is 80.3 Å². The molecule has 3 aliphatic carbocycles. The van der Waals surface area contributed by atoms with E-state index in [0.717, 1.165) is 10.0 Å². The Labute approximate surface area is 241 Å². The van der Waals surface area contributed by atoms with Crippen LogP contribution in [-0.2, 0) is 19.2 Å². The van der Waals surface area contributed by atoms with E-state index in [9.17, 15) is 24.3 Å². The first-order chi connectivity index (χ1) is 18.7. The van der Waals surface area contributed by atoms with Gasteiger partial charge in [0.2, 0.25) is 11.8 Å². The minimum absolute atomic E-state index is 0.112. The Kier molecular flexibility index (Phi) is 6.46. The van der Waals surface area contributed by atoms with Crippen LogP contribution in [0.25, 0.3) is 0 Å². The lowest BCUT2D eigenvalue weighted by Crippen LogP contribution is -2.39. The van der Waals surface area contributed by atoms with E-state index in [0.29, 0.717) is 35.4 Å². The number of para-hydroxylation sites is 1. The van der Waals surface area contributed by atoms with E-state index < -0.39 is 23.7 Å². The van der Waals surface area contributed by atoms with Crippen molar-refractivity contribution in [2.24, 2.45) is 17.8 Å². The summed E-state index contributed by atoms with van der Waals surface area (Å²) in [6.07, 6.45) is 3.67. The summed E-state index contributed by atoms with van der Waals surface area (Å²) < 4.78 is 6.59. The van der Waals surface area contributed by atoms with Gasteiger partial charge in [-0.15, -0.1) is 0 Å². The number of rotatable bonds is 4. The van der Waals surface area contributed by atoms with E-state index in [4.69, 9.17) is 4.74 Å². The fourth-order valence-electron chi connectivity index (χ4n) is 6.45. The second-order valence-electron chi connectivity index (χ2n) is 10.0. The summed E-state index contributed by atoms with van der Waals surface area (Å²) in [7, 11) is 0. The summed E-state index contributed by atoms with van der Waals surface area (Å²) >= 11 is 6.62. The summed E-state index contributed by atoms with van der Waals surface area (Å²) in [4.78, 5) is 55.5. The number of phenolic OH excluding ortho intramolecular Hbond substituents is 1. The van der Waals surface area contributed by atoms with E-state index in [-0.39, 0.29) is 45.8 Å². The quantitative estimate of drug-likeness (QED) is 0.265. The number of amides is 2. The summed E-state index contributed by atoms with van der Waals surface area (Å²) in [6.45, 7) is 2.14. The number of phenols is 1. The first-order valence-electron chi connectivity index (χ1n) is 12.7. The second-order valence-corrected chi connectivity index (χ2v) is 11.8. The number of aromatic hydroxyl groups is 1. The minimum Gasteiger partial charge on any atom is -0.504 e. The van der Waals surface area contributed by atoms with Crippen LogP contribution in [0.3, 0.4) is 0 Å². The number of anilines is 1. The molecule has 2 aromatic rings. The summed E-state index contributed by atoms with van der Waals surface area (Å²) in [6, 6.07) is 12.1. The maximum Gasteiger partial charge on any atom is 0.238 e. The number of benzene rings is 2. The maximum absolute atomic E-state index is 13.9. The molecule has 0 bridgehead atoms. The molecule has 7 nitrogen and oxygen atoms in total. The Hall–Kier alpha value is -3.30. The van der Waals surface area contributed by atoms with Crippen molar-refractivity contribution in [3.63, 3.8) is 0 Å².